The number of nitrogens with one attached hydrogen (secondary N) is 1. The van der Waals surface area contributed by atoms with E-state index in [4.69, 9.17) is 18.9 Å². The zero-order chi connectivity index (χ0) is 19.1. The van der Waals surface area contributed by atoms with Gasteiger partial charge in [-0.1, -0.05) is 0 Å². The Kier molecular flexibility index (Phi) is 6.43. The fourth-order valence-corrected chi connectivity index (χ4v) is 2.13. The summed E-state index contributed by atoms with van der Waals surface area (Å²) in [6.07, 6.45) is -0.984. The number of ether oxygens (including phenoxy) is 4. The number of amides is 1. The number of esters is 1. The molecule has 2 aromatic carbocycles. The van der Waals surface area contributed by atoms with E-state index < -0.39 is 18.0 Å². The lowest BCUT2D eigenvalue weighted by Gasteiger charge is -2.14. The standard InChI is InChI=1S/C19H21NO6/c1-12(18(21)20-14-5-7-15(23-2)8-6-14)26-19(22)13-9-16(24-3)11-17(10-13)25-4/h5-12H,1-4H3,(H,20,21)/t12-/m1/s1. The lowest BCUT2D eigenvalue weighted by atomic mass is 10.2. The van der Waals surface area contributed by atoms with Crippen molar-refractivity contribution in [1.82, 2.24) is 0 Å². The minimum atomic E-state index is -0.984. The van der Waals surface area contributed by atoms with Crippen LogP contribution in [0.15, 0.2) is 42.5 Å². The van der Waals surface area contributed by atoms with E-state index in [1.54, 1.807) is 37.4 Å². The second kappa shape index (κ2) is 8.75. The third-order valence-corrected chi connectivity index (χ3v) is 3.60. The van der Waals surface area contributed by atoms with Gasteiger partial charge in [-0.05, 0) is 43.3 Å². The minimum absolute atomic E-state index is 0.227. The highest BCUT2D eigenvalue weighted by atomic mass is 16.5. The van der Waals surface area contributed by atoms with Gasteiger partial charge in [-0.15, -0.1) is 0 Å². The van der Waals surface area contributed by atoms with Gasteiger partial charge < -0.3 is 24.3 Å². The summed E-state index contributed by atoms with van der Waals surface area (Å²) in [5.74, 6) is 0.477. The van der Waals surface area contributed by atoms with Crippen molar-refractivity contribution in [3.05, 3.63) is 48.0 Å². The lowest BCUT2D eigenvalue weighted by molar-refractivity contribution is -0.123. The molecule has 26 heavy (non-hydrogen) atoms. The molecule has 0 heterocycles. The van der Waals surface area contributed by atoms with Gasteiger partial charge >= 0.3 is 5.97 Å². The Bertz CT molecular complexity index is 750. The van der Waals surface area contributed by atoms with E-state index in [9.17, 15) is 9.59 Å². The monoisotopic (exact) mass is 359 g/mol. The fourth-order valence-electron chi connectivity index (χ4n) is 2.13. The maximum atomic E-state index is 12.3. The molecule has 2 rings (SSSR count). The van der Waals surface area contributed by atoms with Crippen LogP contribution in [0.25, 0.3) is 0 Å². The Morgan fingerprint density at radius 1 is 0.846 bits per heavy atom. The summed E-state index contributed by atoms with van der Waals surface area (Å²) < 4.78 is 20.5. The van der Waals surface area contributed by atoms with Crippen molar-refractivity contribution in [2.45, 2.75) is 13.0 Å². The van der Waals surface area contributed by atoms with E-state index in [0.29, 0.717) is 22.9 Å². The van der Waals surface area contributed by atoms with Crippen LogP contribution in [0.4, 0.5) is 5.69 Å². The normalized spacial score (nSPS) is 11.2. The summed E-state index contributed by atoms with van der Waals surface area (Å²) in [4.78, 5) is 24.5. The maximum Gasteiger partial charge on any atom is 0.339 e. The van der Waals surface area contributed by atoms with Crippen LogP contribution in [0.1, 0.15) is 17.3 Å². The predicted molar refractivity (Wildman–Crippen MR) is 96.0 cm³/mol. The summed E-state index contributed by atoms with van der Waals surface area (Å²) in [6.45, 7) is 1.49. The number of carbonyl (C=O) groups is 2. The van der Waals surface area contributed by atoms with Crippen LogP contribution in [0.2, 0.25) is 0 Å². The van der Waals surface area contributed by atoms with E-state index in [1.807, 2.05) is 0 Å². The topological polar surface area (TPSA) is 83.1 Å². The van der Waals surface area contributed by atoms with Gasteiger partial charge in [0, 0.05) is 11.8 Å². The average Bonchev–Trinajstić information content (AvgIpc) is 2.67. The molecule has 0 bridgehead atoms. The summed E-state index contributed by atoms with van der Waals surface area (Å²) in [5.41, 5.74) is 0.798. The van der Waals surface area contributed by atoms with Crippen molar-refractivity contribution in [2.75, 3.05) is 26.6 Å². The van der Waals surface area contributed by atoms with Crippen molar-refractivity contribution in [3.8, 4) is 17.2 Å². The molecule has 0 fully saturated rings. The Balaban J connectivity index is 2.02. The van der Waals surface area contributed by atoms with E-state index >= 15 is 0 Å². The predicted octanol–water partition coefficient (Wildman–Crippen LogP) is 2.90. The molecule has 7 nitrogen and oxygen atoms in total. The zero-order valence-corrected chi connectivity index (χ0v) is 15.1. The lowest BCUT2D eigenvalue weighted by Crippen LogP contribution is -2.30. The molecular weight excluding hydrogens is 338 g/mol. The number of hydrogen-bond donors (Lipinski definition) is 1. The minimum Gasteiger partial charge on any atom is -0.497 e. The first kappa shape index (κ1) is 19.1. The largest absolute Gasteiger partial charge is 0.497 e. The average molecular weight is 359 g/mol. The van der Waals surface area contributed by atoms with Crippen molar-refractivity contribution < 1.29 is 28.5 Å². The van der Waals surface area contributed by atoms with Crippen molar-refractivity contribution in [2.24, 2.45) is 0 Å². The van der Waals surface area contributed by atoms with Gasteiger partial charge in [0.15, 0.2) is 6.10 Å². The van der Waals surface area contributed by atoms with Crippen LogP contribution in [-0.2, 0) is 9.53 Å². The Labute approximate surface area is 151 Å². The first-order valence-electron chi connectivity index (χ1n) is 7.85. The van der Waals surface area contributed by atoms with E-state index in [-0.39, 0.29) is 5.56 Å². The second-order valence-electron chi connectivity index (χ2n) is 5.37. The van der Waals surface area contributed by atoms with E-state index in [0.717, 1.165) is 0 Å². The Morgan fingerprint density at radius 2 is 1.38 bits per heavy atom. The van der Waals surface area contributed by atoms with Crippen LogP contribution in [0, 0.1) is 0 Å². The highest BCUT2D eigenvalue weighted by Gasteiger charge is 2.20. The molecule has 7 heteroatoms. The molecule has 0 saturated heterocycles. The zero-order valence-electron chi connectivity index (χ0n) is 15.1. The smallest absolute Gasteiger partial charge is 0.339 e. The molecule has 0 aliphatic rings. The summed E-state index contributed by atoms with van der Waals surface area (Å²) in [7, 11) is 4.52. The first-order chi connectivity index (χ1) is 12.5. The third-order valence-electron chi connectivity index (χ3n) is 3.60. The molecule has 0 radical (unpaired) electrons. The Hall–Kier alpha value is -3.22. The van der Waals surface area contributed by atoms with E-state index in [2.05, 4.69) is 5.32 Å². The number of carbonyl (C=O) groups excluding carboxylic acids is 2. The third kappa shape index (κ3) is 4.89. The second-order valence-corrected chi connectivity index (χ2v) is 5.37. The van der Waals surface area contributed by atoms with Gasteiger partial charge in [-0.2, -0.15) is 0 Å². The maximum absolute atomic E-state index is 12.3. The fraction of sp³-hybridized carbons (Fsp3) is 0.263. The number of anilines is 1. The Morgan fingerprint density at radius 3 is 1.88 bits per heavy atom. The van der Waals surface area contributed by atoms with Gasteiger partial charge in [-0.3, -0.25) is 4.79 Å². The molecule has 138 valence electrons. The molecule has 0 aliphatic carbocycles. The molecule has 0 aromatic heterocycles. The van der Waals surface area contributed by atoms with Crippen LogP contribution < -0.4 is 19.5 Å². The van der Waals surface area contributed by atoms with Gasteiger partial charge in [0.05, 0.1) is 26.9 Å². The summed E-state index contributed by atoms with van der Waals surface area (Å²) in [5, 5.41) is 2.67. The summed E-state index contributed by atoms with van der Waals surface area (Å²) >= 11 is 0. The molecule has 0 saturated carbocycles. The molecule has 0 unspecified atom stereocenters. The van der Waals surface area contributed by atoms with Crippen LogP contribution in [0.5, 0.6) is 17.2 Å². The quantitative estimate of drug-likeness (QED) is 0.766. The van der Waals surface area contributed by atoms with Gasteiger partial charge in [0.25, 0.3) is 5.91 Å². The number of methoxy groups -OCH3 is 3. The first-order valence-corrected chi connectivity index (χ1v) is 7.85. The molecule has 1 amide bonds. The number of rotatable bonds is 7. The number of hydrogen-bond acceptors (Lipinski definition) is 6. The molecule has 2 aromatic rings. The molecular formula is C19H21NO6. The van der Waals surface area contributed by atoms with Crippen molar-refractivity contribution >= 4 is 17.6 Å². The van der Waals surface area contributed by atoms with E-state index in [1.165, 1.54) is 33.3 Å². The molecule has 1 atom stereocenters. The molecule has 0 spiro atoms. The van der Waals surface area contributed by atoms with Crippen LogP contribution >= 0.6 is 0 Å². The van der Waals surface area contributed by atoms with Crippen molar-refractivity contribution in [3.63, 3.8) is 0 Å². The van der Waals surface area contributed by atoms with Gasteiger partial charge in [-0.25, -0.2) is 4.79 Å². The highest BCUT2D eigenvalue weighted by molar-refractivity contribution is 5.97. The van der Waals surface area contributed by atoms with Gasteiger partial charge in [0.1, 0.15) is 17.2 Å². The molecule has 0 aliphatic heterocycles. The molecule has 1 N–H and O–H groups in total. The van der Waals surface area contributed by atoms with Gasteiger partial charge in [0.2, 0.25) is 0 Å². The number of benzene rings is 2. The summed E-state index contributed by atoms with van der Waals surface area (Å²) in [6, 6.07) is 11.5. The van der Waals surface area contributed by atoms with Crippen molar-refractivity contribution in [1.29, 1.82) is 0 Å². The highest BCUT2D eigenvalue weighted by Crippen LogP contribution is 2.23. The van der Waals surface area contributed by atoms with Crippen LogP contribution in [0.3, 0.4) is 0 Å². The van der Waals surface area contributed by atoms with Crippen LogP contribution in [-0.4, -0.2) is 39.3 Å². The SMILES string of the molecule is COc1ccc(NC(=O)[C@@H](C)OC(=O)c2cc(OC)cc(OC)c2)cc1.